The number of nitrogens with two attached hydrogens (primary N) is 1. The van der Waals surface area contributed by atoms with Crippen LogP contribution in [0.4, 0.5) is 0 Å². The van der Waals surface area contributed by atoms with E-state index in [1.807, 2.05) is 0 Å². The fourth-order valence-electron chi connectivity index (χ4n) is 3.06. The van der Waals surface area contributed by atoms with Crippen LogP contribution in [0, 0.1) is 5.92 Å². The van der Waals surface area contributed by atoms with Crippen molar-refractivity contribution >= 4 is 38.0 Å². The van der Waals surface area contributed by atoms with E-state index in [0.717, 1.165) is 51.3 Å². The van der Waals surface area contributed by atoms with Crippen molar-refractivity contribution in [2.45, 2.75) is 63.8 Å². The Morgan fingerprint density at radius 3 is 2.47 bits per heavy atom. The van der Waals surface area contributed by atoms with E-state index in [9.17, 15) is 4.79 Å². The Labute approximate surface area is 130 Å². The van der Waals surface area contributed by atoms with Crippen LogP contribution < -0.4 is 5.73 Å². The first kappa shape index (κ1) is 19.1. The average Bonchev–Trinajstić information content (AvgIpc) is 2.32. The maximum absolute atomic E-state index is 12.2. The highest BCUT2D eigenvalue weighted by atomic mass is 35.5. The molecule has 1 saturated heterocycles. The normalized spacial score (nSPS) is 30.6. The van der Waals surface area contributed by atoms with Crippen molar-refractivity contribution in [2.75, 3.05) is 6.54 Å². The SMILES string of the molecule is C[C@H]1C[B]CCN1C(=O)CC1CCC(N)CC1.Cl.Cl. The summed E-state index contributed by atoms with van der Waals surface area (Å²) in [5.74, 6) is 0.950. The molecule has 0 aromatic rings. The molecule has 111 valence electrons. The van der Waals surface area contributed by atoms with Gasteiger partial charge in [0.1, 0.15) is 7.28 Å². The van der Waals surface area contributed by atoms with Crippen LogP contribution in [0.15, 0.2) is 0 Å². The van der Waals surface area contributed by atoms with E-state index in [4.69, 9.17) is 5.73 Å². The van der Waals surface area contributed by atoms with Gasteiger partial charge in [-0.3, -0.25) is 4.79 Å². The van der Waals surface area contributed by atoms with E-state index in [0.29, 0.717) is 23.9 Å². The molecule has 2 fully saturated rings. The lowest BCUT2D eigenvalue weighted by molar-refractivity contribution is -0.134. The molecule has 2 rings (SSSR count). The van der Waals surface area contributed by atoms with Crippen molar-refractivity contribution < 1.29 is 4.79 Å². The minimum atomic E-state index is 0. The summed E-state index contributed by atoms with van der Waals surface area (Å²) in [5.41, 5.74) is 5.89. The maximum atomic E-state index is 12.2. The molecule has 0 bridgehead atoms. The van der Waals surface area contributed by atoms with Crippen LogP contribution in [0.1, 0.15) is 39.0 Å². The van der Waals surface area contributed by atoms with E-state index in [2.05, 4.69) is 19.1 Å². The Kier molecular flexibility index (Phi) is 9.13. The zero-order chi connectivity index (χ0) is 12.3. The van der Waals surface area contributed by atoms with Gasteiger partial charge in [-0.2, -0.15) is 0 Å². The Hall–Kier alpha value is 0.0749. The van der Waals surface area contributed by atoms with Crippen molar-refractivity contribution in [3.8, 4) is 0 Å². The number of rotatable bonds is 2. The third-order valence-corrected chi connectivity index (χ3v) is 4.29. The molecule has 2 N–H and O–H groups in total. The zero-order valence-electron chi connectivity index (χ0n) is 11.7. The van der Waals surface area contributed by atoms with Gasteiger partial charge in [0.15, 0.2) is 0 Å². The predicted molar refractivity (Wildman–Crippen MR) is 85.6 cm³/mol. The summed E-state index contributed by atoms with van der Waals surface area (Å²) in [4.78, 5) is 14.3. The molecular formula is C13H26BCl2N2O. The molecule has 1 atom stereocenters. The van der Waals surface area contributed by atoms with Crippen LogP contribution in [-0.4, -0.2) is 36.7 Å². The molecule has 0 unspecified atom stereocenters. The number of halogens is 2. The van der Waals surface area contributed by atoms with Crippen LogP contribution >= 0.6 is 24.8 Å². The van der Waals surface area contributed by atoms with Gasteiger partial charge in [0.05, 0.1) is 0 Å². The quantitative estimate of drug-likeness (QED) is 0.797. The maximum Gasteiger partial charge on any atom is 0.223 e. The van der Waals surface area contributed by atoms with Crippen molar-refractivity contribution in [1.82, 2.24) is 4.90 Å². The first-order chi connectivity index (χ1) is 8.16. The second-order valence-corrected chi connectivity index (χ2v) is 5.73. The van der Waals surface area contributed by atoms with E-state index in [1.165, 1.54) is 0 Å². The van der Waals surface area contributed by atoms with E-state index >= 15 is 0 Å². The van der Waals surface area contributed by atoms with E-state index in [-0.39, 0.29) is 24.8 Å². The highest BCUT2D eigenvalue weighted by Crippen LogP contribution is 2.27. The summed E-state index contributed by atoms with van der Waals surface area (Å²) in [6.45, 7) is 3.08. The summed E-state index contributed by atoms with van der Waals surface area (Å²) >= 11 is 0. The largest absolute Gasteiger partial charge is 0.341 e. The number of carbonyl (C=O) groups excluding carboxylic acids is 1. The molecule has 1 aliphatic heterocycles. The van der Waals surface area contributed by atoms with Gasteiger partial charge in [0.2, 0.25) is 5.91 Å². The van der Waals surface area contributed by atoms with Gasteiger partial charge in [-0.1, -0.05) is 12.6 Å². The Morgan fingerprint density at radius 2 is 1.89 bits per heavy atom. The standard InChI is InChI=1S/C13H24BN2O.2ClH/c1-10-9-14-6-7-16(10)13(17)8-11-2-4-12(15)5-3-11;;/h10-12H,2-9,15H2,1H3;2*1H/t10-,11?,12?;;/m0../s1. The van der Waals surface area contributed by atoms with Crippen LogP contribution in [-0.2, 0) is 4.79 Å². The smallest absolute Gasteiger partial charge is 0.223 e. The fourth-order valence-corrected chi connectivity index (χ4v) is 3.06. The van der Waals surface area contributed by atoms with Crippen molar-refractivity contribution in [1.29, 1.82) is 0 Å². The molecule has 1 radical (unpaired) electrons. The monoisotopic (exact) mass is 307 g/mol. The highest BCUT2D eigenvalue weighted by Gasteiger charge is 2.27. The molecule has 1 aliphatic carbocycles. The zero-order valence-corrected chi connectivity index (χ0v) is 13.3. The molecule has 3 nitrogen and oxygen atoms in total. The summed E-state index contributed by atoms with van der Waals surface area (Å²) in [7, 11) is 2.30. The topological polar surface area (TPSA) is 46.3 Å². The van der Waals surface area contributed by atoms with Gasteiger partial charge in [0.25, 0.3) is 0 Å². The molecule has 1 heterocycles. The first-order valence-electron chi connectivity index (χ1n) is 7.03. The lowest BCUT2D eigenvalue weighted by Crippen LogP contribution is -2.44. The Morgan fingerprint density at radius 1 is 1.26 bits per heavy atom. The van der Waals surface area contributed by atoms with E-state index in [1.54, 1.807) is 0 Å². The van der Waals surface area contributed by atoms with Crippen molar-refractivity contribution in [3.63, 3.8) is 0 Å². The second-order valence-electron chi connectivity index (χ2n) is 5.73. The summed E-state index contributed by atoms with van der Waals surface area (Å²) in [6.07, 6.45) is 7.34. The Bertz CT molecular complexity index is 273. The molecule has 0 aromatic carbocycles. The van der Waals surface area contributed by atoms with Gasteiger partial charge in [-0.25, -0.2) is 0 Å². The lowest BCUT2D eigenvalue weighted by Gasteiger charge is -2.35. The minimum absolute atomic E-state index is 0. The van der Waals surface area contributed by atoms with Gasteiger partial charge in [0, 0.05) is 25.0 Å². The van der Waals surface area contributed by atoms with Gasteiger partial charge in [-0.15, -0.1) is 24.8 Å². The number of amides is 1. The number of hydrogen-bond acceptors (Lipinski definition) is 2. The van der Waals surface area contributed by atoms with Crippen LogP contribution in [0.5, 0.6) is 0 Å². The van der Waals surface area contributed by atoms with E-state index < -0.39 is 0 Å². The first-order valence-corrected chi connectivity index (χ1v) is 7.03. The number of nitrogens with zero attached hydrogens (tertiary/aromatic N) is 1. The second kappa shape index (κ2) is 9.09. The van der Waals surface area contributed by atoms with Gasteiger partial charge in [-0.05, 0) is 38.5 Å². The van der Waals surface area contributed by atoms with Crippen molar-refractivity contribution in [3.05, 3.63) is 0 Å². The van der Waals surface area contributed by atoms with Crippen molar-refractivity contribution in [2.24, 2.45) is 11.7 Å². The third kappa shape index (κ3) is 5.53. The average molecular weight is 308 g/mol. The highest BCUT2D eigenvalue weighted by molar-refractivity contribution is 6.36. The third-order valence-electron chi connectivity index (χ3n) is 4.29. The molecule has 6 heteroatoms. The van der Waals surface area contributed by atoms with Gasteiger partial charge >= 0.3 is 0 Å². The summed E-state index contributed by atoms with van der Waals surface area (Å²) < 4.78 is 0. The number of hydrogen-bond donors (Lipinski definition) is 1. The minimum Gasteiger partial charge on any atom is -0.341 e. The predicted octanol–water partition coefficient (Wildman–Crippen LogP) is 2.51. The molecule has 0 spiro atoms. The number of carbonyl (C=O) groups is 1. The van der Waals surface area contributed by atoms with Crippen LogP contribution in [0.3, 0.4) is 0 Å². The van der Waals surface area contributed by atoms with Crippen LogP contribution in [0.2, 0.25) is 12.6 Å². The fraction of sp³-hybridized carbons (Fsp3) is 0.923. The lowest BCUT2D eigenvalue weighted by atomic mass is 9.65. The molecule has 2 aliphatic rings. The van der Waals surface area contributed by atoms with Gasteiger partial charge < -0.3 is 10.6 Å². The van der Waals surface area contributed by atoms with Crippen LogP contribution in [0.25, 0.3) is 0 Å². The summed E-state index contributed by atoms with van der Waals surface area (Å²) in [6, 6.07) is 0.784. The molecule has 1 saturated carbocycles. The molecule has 1 amide bonds. The Balaban J connectivity index is 0.00000162. The molecule has 0 aromatic heterocycles. The molecule has 19 heavy (non-hydrogen) atoms. The summed E-state index contributed by atoms with van der Waals surface area (Å²) in [5, 5.41) is 0. The molecular weight excluding hydrogens is 282 g/mol.